The lowest BCUT2D eigenvalue weighted by Gasteiger charge is -2.04. The van der Waals surface area contributed by atoms with Crippen molar-refractivity contribution in [1.82, 2.24) is 0 Å². The molecule has 0 N–H and O–H groups in total. The predicted molar refractivity (Wildman–Crippen MR) is 37.4 cm³/mol. The summed E-state index contributed by atoms with van der Waals surface area (Å²) < 4.78 is 26.1. The van der Waals surface area contributed by atoms with Crippen molar-refractivity contribution in [3.05, 3.63) is 0 Å². The van der Waals surface area contributed by atoms with Crippen LogP contribution in [0.25, 0.3) is 0 Å². The third-order valence-electron chi connectivity index (χ3n) is 2.23. The third-order valence-corrected chi connectivity index (χ3v) is 2.23. The molecule has 1 aliphatic rings. The zero-order valence-electron chi connectivity index (χ0n) is 9.42. The molecule has 1 saturated heterocycles. The van der Waals surface area contributed by atoms with Gasteiger partial charge in [-0.3, -0.25) is 0 Å². The summed E-state index contributed by atoms with van der Waals surface area (Å²) in [6.07, 6.45) is 0. The lowest BCUT2D eigenvalue weighted by atomic mass is 10.3. The smallest absolute Gasteiger partial charge is 0.371 e. The Kier molecular flexibility index (Phi) is 0.848. The molecule has 0 saturated carbocycles. The van der Waals surface area contributed by atoms with E-state index in [2.05, 4.69) is 4.74 Å². The van der Waals surface area contributed by atoms with Crippen molar-refractivity contribution < 1.29 is 18.1 Å². The lowest BCUT2D eigenvalue weighted by Crippen LogP contribution is -2.23. The highest BCUT2D eigenvalue weighted by Crippen LogP contribution is 2.34. The number of carbonyl (C=O) groups is 1. The first kappa shape index (κ1) is 4.34. The van der Waals surface area contributed by atoms with Crippen LogP contribution in [0.15, 0.2) is 0 Å². The highest BCUT2D eigenvalue weighted by Gasteiger charge is 2.62. The van der Waals surface area contributed by atoms with E-state index in [-0.39, 0.29) is 10.5 Å². The van der Waals surface area contributed by atoms with Gasteiger partial charge in [-0.1, -0.05) is 0 Å². The van der Waals surface area contributed by atoms with Gasteiger partial charge >= 0.3 is 5.97 Å². The van der Waals surface area contributed by atoms with Crippen molar-refractivity contribution in [3.63, 3.8) is 0 Å². The van der Waals surface area contributed by atoms with Crippen LogP contribution in [0.3, 0.4) is 0 Å². The molecule has 0 aromatic heterocycles. The van der Waals surface area contributed by atoms with Crippen LogP contribution in [0.4, 0.5) is 0 Å². The van der Waals surface area contributed by atoms with E-state index in [1.807, 2.05) is 0 Å². The van der Waals surface area contributed by atoms with Crippen LogP contribution in [0.1, 0.15) is 11.0 Å². The van der Waals surface area contributed by atoms with Crippen molar-refractivity contribution in [2.24, 2.45) is 0 Å². The summed E-state index contributed by atoms with van der Waals surface area (Å²) in [4.78, 5) is 11.2. The number of nitrogens with zero attached hydrogens (tertiary/aromatic N) is 1. The molecule has 1 heterocycles. The summed E-state index contributed by atoms with van der Waals surface area (Å²) in [6, 6.07) is -0.711. The van der Waals surface area contributed by atoms with Crippen molar-refractivity contribution in [1.29, 1.82) is 0 Å². The fourth-order valence-electron chi connectivity index (χ4n) is 1.18. The molecule has 1 fully saturated rings. The molecule has 58 valence electrons. The van der Waals surface area contributed by atoms with Crippen LogP contribution in [-0.2, 0) is 9.53 Å². The van der Waals surface area contributed by atoms with Gasteiger partial charge in [0.25, 0.3) is 0 Å². The van der Waals surface area contributed by atoms with E-state index < -0.39 is 19.0 Å². The minimum absolute atomic E-state index is 0.181. The predicted octanol–water partition coefficient (Wildman–Crippen LogP) is 0.00650. The first-order valence-corrected chi connectivity index (χ1v) is 3.20. The molecule has 3 heteroatoms. The Bertz CT molecular complexity index is 240. The van der Waals surface area contributed by atoms with E-state index in [0.29, 0.717) is 0 Å². The molecule has 3 atom stereocenters. The average Bonchev–Trinajstić information content (AvgIpc) is 2.54. The van der Waals surface area contributed by atoms with Gasteiger partial charge in [-0.15, -0.1) is 0 Å². The van der Waals surface area contributed by atoms with Crippen molar-refractivity contribution in [3.8, 4) is 0 Å². The molecule has 10 heavy (non-hydrogen) atoms. The number of rotatable bonds is 1. The maximum absolute atomic E-state index is 11.2. The highest BCUT2D eigenvalue weighted by atomic mass is 16.5. The van der Waals surface area contributed by atoms with Crippen LogP contribution >= 0.6 is 0 Å². The fourth-order valence-corrected chi connectivity index (χ4v) is 1.18. The summed E-state index contributed by atoms with van der Waals surface area (Å²) in [5, 5.41) is 0. The summed E-state index contributed by atoms with van der Waals surface area (Å²) >= 11 is 0. The number of likely N-dealkylation sites (N-methyl/N-ethyl adjacent to an activating group) is 1. The van der Waals surface area contributed by atoms with Crippen molar-refractivity contribution >= 4 is 5.97 Å². The molecule has 3 nitrogen and oxygen atoms in total. The standard InChI is InChI=1S/C7H14NO2/c1-5-6(7(9)10-4)8(5,2)3/h5-6H,1-4H3/q+1/t5-,6-/m1/s1/i2D3/t5-,6-,8?. The van der Waals surface area contributed by atoms with Crippen LogP contribution in [0.5, 0.6) is 0 Å². The van der Waals surface area contributed by atoms with Gasteiger partial charge < -0.3 is 9.22 Å². The molecule has 1 unspecified atom stereocenters. The van der Waals surface area contributed by atoms with E-state index in [0.717, 1.165) is 0 Å². The number of hydrogen-bond donors (Lipinski definition) is 0. The Morgan fingerprint density at radius 3 is 2.70 bits per heavy atom. The first-order chi connectivity index (χ1) is 5.76. The van der Waals surface area contributed by atoms with Crippen LogP contribution in [0, 0.1) is 0 Å². The summed E-state index contributed by atoms with van der Waals surface area (Å²) in [5.41, 5.74) is 0. The van der Waals surface area contributed by atoms with Crippen molar-refractivity contribution in [2.45, 2.75) is 19.0 Å². The number of quaternary nitrogens is 1. The molecule has 0 spiro atoms. The van der Waals surface area contributed by atoms with Gasteiger partial charge in [0.15, 0.2) is 6.04 Å². The first-order valence-electron chi connectivity index (χ1n) is 4.70. The molecule has 0 aliphatic carbocycles. The normalized spacial score (nSPS) is 50.5. The lowest BCUT2D eigenvalue weighted by molar-refractivity contribution is -0.777. The molecule has 0 aromatic rings. The maximum Gasteiger partial charge on any atom is 0.371 e. The summed E-state index contributed by atoms with van der Waals surface area (Å²) in [6.45, 7) is -0.397. The largest absolute Gasteiger partial charge is 0.464 e. The maximum atomic E-state index is 11.2. The van der Waals surface area contributed by atoms with Crippen LogP contribution < -0.4 is 0 Å². The van der Waals surface area contributed by atoms with Gasteiger partial charge in [0.2, 0.25) is 6.04 Å². The number of carbonyl (C=O) groups excluding carboxylic acids is 1. The van der Waals surface area contributed by atoms with E-state index in [9.17, 15) is 4.79 Å². The van der Waals surface area contributed by atoms with Gasteiger partial charge in [0.1, 0.15) is 0 Å². The second kappa shape index (κ2) is 1.95. The molecule has 0 aromatic carbocycles. The van der Waals surface area contributed by atoms with Gasteiger partial charge in [-0.05, 0) is 6.92 Å². The van der Waals surface area contributed by atoms with Gasteiger partial charge in [-0.25, -0.2) is 4.79 Å². The summed E-state index contributed by atoms with van der Waals surface area (Å²) in [5.74, 6) is -0.439. The second-order valence-corrected chi connectivity index (χ2v) is 2.86. The van der Waals surface area contributed by atoms with Gasteiger partial charge in [0, 0.05) is 0 Å². The van der Waals surface area contributed by atoms with E-state index >= 15 is 0 Å². The van der Waals surface area contributed by atoms with Crippen LogP contribution in [-0.4, -0.2) is 43.7 Å². The summed E-state index contributed by atoms with van der Waals surface area (Å²) in [7, 11) is 2.83. The Morgan fingerprint density at radius 1 is 1.80 bits per heavy atom. The van der Waals surface area contributed by atoms with E-state index in [1.54, 1.807) is 14.0 Å². The molecule has 0 bridgehead atoms. The SMILES string of the molecule is [2H]C([2H])([2H])[N+]1(C)[C@H](C)[C@@H]1C(=O)OC. The highest BCUT2D eigenvalue weighted by molar-refractivity contribution is 5.77. The monoisotopic (exact) mass is 147 g/mol. The van der Waals surface area contributed by atoms with E-state index in [1.165, 1.54) is 7.11 Å². The molecule has 0 radical (unpaired) electrons. The Hall–Kier alpha value is -0.570. The minimum Gasteiger partial charge on any atom is -0.464 e. The van der Waals surface area contributed by atoms with Crippen molar-refractivity contribution in [2.75, 3.05) is 21.1 Å². The number of ether oxygens (including phenoxy) is 1. The average molecular weight is 147 g/mol. The van der Waals surface area contributed by atoms with Gasteiger partial charge in [0.05, 0.1) is 25.2 Å². The fraction of sp³-hybridized carbons (Fsp3) is 0.857. The number of esters is 1. The second-order valence-electron chi connectivity index (χ2n) is 2.86. The molecule has 1 rings (SSSR count). The quantitative estimate of drug-likeness (QED) is 0.296. The molecule has 0 amide bonds. The zero-order valence-corrected chi connectivity index (χ0v) is 6.42. The Balaban J connectivity index is 2.82. The zero-order chi connectivity index (χ0) is 10.4. The molecular formula is C7H14NO2+. The molecule has 1 aliphatic heterocycles. The number of hydrogen-bond acceptors (Lipinski definition) is 2. The van der Waals surface area contributed by atoms with E-state index in [4.69, 9.17) is 4.11 Å². The third kappa shape index (κ3) is 0.814. The molecular weight excluding hydrogens is 130 g/mol. The van der Waals surface area contributed by atoms with Crippen LogP contribution in [0.2, 0.25) is 0 Å². The Labute approximate surface area is 65.4 Å². The Morgan fingerprint density at radius 2 is 2.40 bits per heavy atom. The number of methoxy groups -OCH3 is 1. The van der Waals surface area contributed by atoms with Gasteiger partial charge in [-0.2, -0.15) is 0 Å². The minimum atomic E-state index is -2.14. The topological polar surface area (TPSA) is 26.3 Å².